The summed E-state index contributed by atoms with van der Waals surface area (Å²) in [5, 5.41) is 18.7. The molecule has 0 aliphatic heterocycles. The van der Waals surface area contributed by atoms with E-state index in [1.807, 2.05) is 0 Å². The van der Waals surface area contributed by atoms with Gasteiger partial charge in [0.05, 0.1) is 12.7 Å². The van der Waals surface area contributed by atoms with Gasteiger partial charge >= 0.3 is 0 Å². The van der Waals surface area contributed by atoms with Gasteiger partial charge in [-0.25, -0.2) is 4.39 Å². The lowest BCUT2D eigenvalue weighted by Gasteiger charge is -2.21. The molecule has 5 heteroatoms. The molecule has 0 radical (unpaired) electrons. The second-order valence-electron chi connectivity index (χ2n) is 3.74. The number of rotatable bonds is 6. The first kappa shape index (κ1) is 13.9. The van der Waals surface area contributed by atoms with Gasteiger partial charge in [-0.2, -0.15) is 0 Å². The summed E-state index contributed by atoms with van der Waals surface area (Å²) >= 11 is 0. The predicted molar refractivity (Wildman–Crippen MR) is 62.2 cm³/mol. The minimum atomic E-state index is -1.06. The fraction of sp³-hybridized carbons (Fsp3) is 0.500. The van der Waals surface area contributed by atoms with Crippen molar-refractivity contribution in [1.82, 2.24) is 0 Å². The zero-order chi connectivity index (χ0) is 12.8. The number of hydrogen-bond donors (Lipinski definition) is 3. The van der Waals surface area contributed by atoms with Gasteiger partial charge < -0.3 is 20.7 Å². The molecule has 2 atom stereocenters. The van der Waals surface area contributed by atoms with Crippen molar-refractivity contribution in [3.05, 3.63) is 29.6 Å². The average Bonchev–Trinajstić information content (AvgIpc) is 2.31. The Morgan fingerprint density at radius 2 is 2.18 bits per heavy atom. The zero-order valence-electron chi connectivity index (χ0n) is 9.77. The smallest absolute Gasteiger partial charge is 0.125 e. The minimum absolute atomic E-state index is 0.127. The summed E-state index contributed by atoms with van der Waals surface area (Å²) in [5.74, 6) is -0.0477. The molecule has 4 N–H and O–H groups in total. The molecule has 0 aliphatic carbocycles. The summed E-state index contributed by atoms with van der Waals surface area (Å²) in [7, 11) is 0. The van der Waals surface area contributed by atoms with E-state index in [-0.39, 0.29) is 13.0 Å². The van der Waals surface area contributed by atoms with Gasteiger partial charge in [-0.3, -0.25) is 0 Å². The topological polar surface area (TPSA) is 75.7 Å². The molecule has 0 saturated heterocycles. The third-order valence-electron chi connectivity index (χ3n) is 2.46. The van der Waals surface area contributed by atoms with Crippen LogP contribution in [-0.2, 0) is 0 Å². The van der Waals surface area contributed by atoms with E-state index in [2.05, 4.69) is 0 Å². The summed E-state index contributed by atoms with van der Waals surface area (Å²) < 4.78 is 18.4. The molecular weight excluding hydrogens is 225 g/mol. The van der Waals surface area contributed by atoms with Gasteiger partial charge in [0, 0.05) is 18.2 Å². The fourth-order valence-corrected chi connectivity index (χ4v) is 1.57. The molecule has 4 nitrogen and oxygen atoms in total. The highest BCUT2D eigenvalue weighted by molar-refractivity contribution is 5.36. The normalized spacial score (nSPS) is 14.4. The van der Waals surface area contributed by atoms with Gasteiger partial charge in [-0.15, -0.1) is 0 Å². The number of hydrogen-bond acceptors (Lipinski definition) is 4. The molecule has 0 aliphatic rings. The molecule has 0 heterocycles. The number of halogens is 1. The molecule has 2 unspecified atom stereocenters. The van der Waals surface area contributed by atoms with Crippen LogP contribution in [0.15, 0.2) is 18.2 Å². The summed E-state index contributed by atoms with van der Waals surface area (Å²) in [6.45, 7) is 2.09. The van der Waals surface area contributed by atoms with Crippen LogP contribution in [0.1, 0.15) is 25.0 Å². The van der Waals surface area contributed by atoms with E-state index in [9.17, 15) is 9.50 Å². The SMILES string of the molecule is CCOc1ccc(F)cc1C(O)C(N)CCO. The third kappa shape index (κ3) is 3.66. The third-order valence-corrected chi connectivity index (χ3v) is 2.46. The molecule has 96 valence electrons. The highest BCUT2D eigenvalue weighted by Crippen LogP contribution is 2.28. The molecule has 1 rings (SSSR count). The summed E-state index contributed by atoms with van der Waals surface area (Å²) in [4.78, 5) is 0. The Labute approximate surface area is 99.8 Å². The van der Waals surface area contributed by atoms with Crippen LogP contribution in [-0.4, -0.2) is 29.5 Å². The number of aliphatic hydroxyl groups is 2. The highest BCUT2D eigenvalue weighted by Gasteiger charge is 2.21. The lowest BCUT2D eigenvalue weighted by molar-refractivity contribution is 0.125. The van der Waals surface area contributed by atoms with Crippen LogP contribution in [0.5, 0.6) is 5.75 Å². The van der Waals surface area contributed by atoms with E-state index in [4.69, 9.17) is 15.6 Å². The summed E-state index contributed by atoms with van der Waals surface area (Å²) in [6, 6.07) is 3.27. The molecule has 0 spiro atoms. The van der Waals surface area contributed by atoms with Gasteiger partial charge in [-0.1, -0.05) is 0 Å². The van der Waals surface area contributed by atoms with Crippen LogP contribution in [0, 0.1) is 5.82 Å². The first-order valence-corrected chi connectivity index (χ1v) is 5.56. The summed E-state index contributed by atoms with van der Waals surface area (Å²) in [5.41, 5.74) is 6.00. The Bertz CT molecular complexity index is 360. The lowest BCUT2D eigenvalue weighted by atomic mass is 9.99. The largest absolute Gasteiger partial charge is 0.493 e. The van der Waals surface area contributed by atoms with Crippen molar-refractivity contribution >= 4 is 0 Å². The minimum Gasteiger partial charge on any atom is -0.493 e. The van der Waals surface area contributed by atoms with E-state index in [1.54, 1.807) is 6.92 Å². The number of benzene rings is 1. The Morgan fingerprint density at radius 3 is 2.76 bits per heavy atom. The molecule has 0 bridgehead atoms. The molecule has 17 heavy (non-hydrogen) atoms. The number of ether oxygens (including phenoxy) is 1. The quantitative estimate of drug-likeness (QED) is 0.696. The van der Waals surface area contributed by atoms with Crippen molar-refractivity contribution in [1.29, 1.82) is 0 Å². The molecule has 1 aromatic rings. The molecule has 0 amide bonds. The second kappa shape index (κ2) is 6.54. The van der Waals surface area contributed by atoms with Crippen LogP contribution >= 0.6 is 0 Å². The molecule has 0 aromatic heterocycles. The van der Waals surface area contributed by atoms with Crippen molar-refractivity contribution < 1.29 is 19.3 Å². The van der Waals surface area contributed by atoms with Gasteiger partial charge in [0.2, 0.25) is 0 Å². The lowest BCUT2D eigenvalue weighted by Crippen LogP contribution is -2.29. The van der Waals surface area contributed by atoms with E-state index in [0.717, 1.165) is 0 Å². The van der Waals surface area contributed by atoms with E-state index < -0.39 is 18.0 Å². The number of nitrogens with two attached hydrogens (primary N) is 1. The Kier molecular flexibility index (Phi) is 5.34. The maximum atomic E-state index is 13.1. The first-order chi connectivity index (χ1) is 8.10. The molecule has 0 fully saturated rings. The first-order valence-electron chi connectivity index (χ1n) is 5.56. The monoisotopic (exact) mass is 243 g/mol. The van der Waals surface area contributed by atoms with Crippen molar-refractivity contribution in [2.75, 3.05) is 13.2 Å². The van der Waals surface area contributed by atoms with Crippen LogP contribution in [0.3, 0.4) is 0 Å². The Morgan fingerprint density at radius 1 is 1.47 bits per heavy atom. The molecule has 0 saturated carbocycles. The predicted octanol–water partition coefficient (Wildman–Crippen LogP) is 0.968. The van der Waals surface area contributed by atoms with Crippen LogP contribution in [0.4, 0.5) is 4.39 Å². The maximum absolute atomic E-state index is 13.1. The standard InChI is InChI=1S/C12H18FNO3/c1-2-17-11-4-3-8(13)7-9(11)12(16)10(14)5-6-15/h3-4,7,10,12,15-16H,2,5-6,14H2,1H3. The Hall–Kier alpha value is -1.17. The maximum Gasteiger partial charge on any atom is 0.125 e. The van der Waals surface area contributed by atoms with E-state index >= 15 is 0 Å². The van der Waals surface area contributed by atoms with Gasteiger partial charge in [0.1, 0.15) is 11.6 Å². The highest BCUT2D eigenvalue weighted by atomic mass is 19.1. The van der Waals surface area contributed by atoms with Crippen LogP contribution in [0.25, 0.3) is 0 Å². The van der Waals surface area contributed by atoms with Gasteiger partial charge in [0.25, 0.3) is 0 Å². The average molecular weight is 243 g/mol. The van der Waals surface area contributed by atoms with Gasteiger partial charge in [0.15, 0.2) is 0 Å². The zero-order valence-corrected chi connectivity index (χ0v) is 9.77. The van der Waals surface area contributed by atoms with Crippen molar-refractivity contribution in [3.8, 4) is 5.75 Å². The number of aliphatic hydroxyl groups excluding tert-OH is 2. The van der Waals surface area contributed by atoms with Crippen molar-refractivity contribution in [3.63, 3.8) is 0 Å². The van der Waals surface area contributed by atoms with Crippen LogP contribution in [0.2, 0.25) is 0 Å². The van der Waals surface area contributed by atoms with Crippen LogP contribution < -0.4 is 10.5 Å². The van der Waals surface area contributed by atoms with Crippen molar-refractivity contribution in [2.45, 2.75) is 25.5 Å². The van der Waals surface area contributed by atoms with E-state index in [0.29, 0.717) is 17.9 Å². The summed E-state index contributed by atoms with van der Waals surface area (Å²) in [6.07, 6.45) is -0.817. The van der Waals surface area contributed by atoms with Gasteiger partial charge in [-0.05, 0) is 31.5 Å². The van der Waals surface area contributed by atoms with E-state index in [1.165, 1.54) is 18.2 Å². The molecule has 1 aromatic carbocycles. The Balaban J connectivity index is 2.96. The van der Waals surface area contributed by atoms with Crippen molar-refractivity contribution in [2.24, 2.45) is 5.73 Å². The fourth-order valence-electron chi connectivity index (χ4n) is 1.57. The second-order valence-corrected chi connectivity index (χ2v) is 3.74. The molecular formula is C12H18FNO3.